The van der Waals surface area contributed by atoms with Crippen LogP contribution in [0.2, 0.25) is 0 Å². The largest absolute Gasteiger partial charge is 0.493 e. The molecule has 0 radical (unpaired) electrons. The van der Waals surface area contributed by atoms with Gasteiger partial charge in [-0.25, -0.2) is 8.78 Å². The predicted octanol–water partition coefficient (Wildman–Crippen LogP) is 5.04. The summed E-state index contributed by atoms with van der Waals surface area (Å²) in [6.07, 6.45) is 1.42. The first-order chi connectivity index (χ1) is 16.4. The quantitative estimate of drug-likeness (QED) is 0.306. The van der Waals surface area contributed by atoms with E-state index in [1.165, 1.54) is 38.5 Å². The number of carbonyl (C=O) groups excluding carboxylic acids is 2. The van der Waals surface area contributed by atoms with E-state index < -0.39 is 23.5 Å². The average molecular weight is 464 g/mol. The summed E-state index contributed by atoms with van der Waals surface area (Å²) in [5.74, 6) is -2.22. The van der Waals surface area contributed by atoms with Crippen LogP contribution in [0.15, 0.2) is 54.3 Å². The van der Waals surface area contributed by atoms with E-state index in [2.05, 4.69) is 0 Å². The molecule has 0 fully saturated rings. The molecular formula is C26H18F2O6. The van der Waals surface area contributed by atoms with Gasteiger partial charge in [-0.15, -0.1) is 0 Å². The number of rotatable bonds is 4. The summed E-state index contributed by atoms with van der Waals surface area (Å²) in [7, 11) is 3.00. The topological polar surface area (TPSA) is 71.1 Å². The maximum atomic E-state index is 14.0. The molecule has 0 spiro atoms. The number of hydrogen-bond acceptors (Lipinski definition) is 6. The minimum atomic E-state index is -1.03. The maximum Gasteiger partial charge on any atom is 0.312 e. The first-order valence-corrected chi connectivity index (χ1v) is 10.4. The van der Waals surface area contributed by atoms with E-state index in [1.54, 1.807) is 18.2 Å². The Labute approximate surface area is 193 Å². The van der Waals surface area contributed by atoms with Crippen LogP contribution in [0.3, 0.4) is 0 Å². The Morgan fingerprint density at radius 1 is 0.971 bits per heavy atom. The summed E-state index contributed by atoms with van der Waals surface area (Å²) in [5.41, 5.74) is 1.64. The van der Waals surface area contributed by atoms with Crippen LogP contribution in [0.1, 0.15) is 39.4 Å². The lowest BCUT2D eigenvalue weighted by molar-refractivity contribution is -0.135. The Bertz CT molecular complexity index is 1380. The number of carbonyl (C=O) groups is 2. The van der Waals surface area contributed by atoms with Gasteiger partial charge in [-0.2, -0.15) is 0 Å². The van der Waals surface area contributed by atoms with E-state index in [1.807, 2.05) is 0 Å². The molecule has 0 aliphatic carbocycles. The van der Waals surface area contributed by atoms with Gasteiger partial charge >= 0.3 is 5.97 Å². The van der Waals surface area contributed by atoms with Gasteiger partial charge in [0.1, 0.15) is 11.5 Å². The molecule has 8 heteroatoms. The first-order valence-electron chi connectivity index (χ1n) is 10.4. The number of hydrogen-bond donors (Lipinski definition) is 0. The summed E-state index contributed by atoms with van der Waals surface area (Å²) in [5, 5.41) is 0. The van der Waals surface area contributed by atoms with Crippen LogP contribution in [0, 0.1) is 11.6 Å². The summed E-state index contributed by atoms with van der Waals surface area (Å²) >= 11 is 0. The van der Waals surface area contributed by atoms with Crippen molar-refractivity contribution in [1.29, 1.82) is 0 Å². The lowest BCUT2D eigenvalue weighted by atomic mass is 9.84. The Kier molecular flexibility index (Phi) is 5.28. The van der Waals surface area contributed by atoms with Crippen molar-refractivity contribution in [2.45, 2.75) is 12.3 Å². The minimum absolute atomic E-state index is 0.0379. The summed E-state index contributed by atoms with van der Waals surface area (Å²) in [6.45, 7) is 0. The van der Waals surface area contributed by atoms with Gasteiger partial charge in [0, 0.05) is 17.0 Å². The SMILES string of the molecule is COc1cccc(/C=C2\Oc3c(ccc4c3[C@@H](c3ccc(F)c(F)c3)CC(=O)O4)C2=O)c1OC. The molecule has 1 atom stereocenters. The zero-order valence-electron chi connectivity index (χ0n) is 18.2. The van der Waals surface area contributed by atoms with Gasteiger partial charge in [-0.05, 0) is 42.0 Å². The molecule has 0 bridgehead atoms. The molecule has 34 heavy (non-hydrogen) atoms. The highest BCUT2D eigenvalue weighted by atomic mass is 19.2. The molecule has 6 nitrogen and oxygen atoms in total. The maximum absolute atomic E-state index is 14.0. The third kappa shape index (κ3) is 3.48. The van der Waals surface area contributed by atoms with Crippen molar-refractivity contribution in [2.75, 3.05) is 14.2 Å². The Morgan fingerprint density at radius 3 is 2.53 bits per heavy atom. The zero-order chi connectivity index (χ0) is 24.0. The molecule has 3 aromatic rings. The van der Waals surface area contributed by atoms with E-state index in [9.17, 15) is 18.4 Å². The van der Waals surface area contributed by atoms with Crippen molar-refractivity contribution in [2.24, 2.45) is 0 Å². The summed E-state index contributed by atoms with van der Waals surface area (Å²) < 4.78 is 49.6. The second-order valence-electron chi connectivity index (χ2n) is 7.78. The van der Waals surface area contributed by atoms with Crippen molar-refractivity contribution in [3.05, 3.63) is 88.2 Å². The molecule has 2 aliphatic heterocycles. The molecule has 5 rings (SSSR count). The van der Waals surface area contributed by atoms with E-state index in [0.29, 0.717) is 28.2 Å². The third-order valence-corrected chi connectivity index (χ3v) is 5.85. The number of esters is 1. The van der Waals surface area contributed by atoms with Crippen molar-refractivity contribution in [1.82, 2.24) is 0 Å². The van der Waals surface area contributed by atoms with E-state index in [0.717, 1.165) is 12.1 Å². The van der Waals surface area contributed by atoms with Crippen molar-refractivity contribution in [3.63, 3.8) is 0 Å². The number of methoxy groups -OCH3 is 2. The Hall–Kier alpha value is -4.20. The first kappa shape index (κ1) is 21.6. The average Bonchev–Trinajstić information content (AvgIpc) is 3.15. The highest BCUT2D eigenvalue weighted by Crippen LogP contribution is 2.49. The lowest BCUT2D eigenvalue weighted by Crippen LogP contribution is -2.21. The lowest BCUT2D eigenvalue weighted by Gasteiger charge is -2.26. The molecule has 2 aliphatic rings. The number of ether oxygens (including phenoxy) is 4. The van der Waals surface area contributed by atoms with Crippen LogP contribution in [0.4, 0.5) is 8.78 Å². The normalized spacial score (nSPS) is 17.6. The second-order valence-corrected chi connectivity index (χ2v) is 7.78. The highest BCUT2D eigenvalue weighted by molar-refractivity contribution is 6.15. The molecule has 0 saturated carbocycles. The fraction of sp³-hybridized carbons (Fsp3) is 0.154. The molecule has 3 aromatic carbocycles. The monoisotopic (exact) mass is 464 g/mol. The van der Waals surface area contributed by atoms with E-state index >= 15 is 0 Å². The molecule has 0 saturated heterocycles. The van der Waals surface area contributed by atoms with Gasteiger partial charge in [0.2, 0.25) is 5.78 Å². The fourth-order valence-corrected chi connectivity index (χ4v) is 4.29. The standard InChI is InChI=1S/C26H18F2O6/c1-31-20-5-3-4-14(25(20)32-2)11-21-24(30)15-7-9-19-23(26(15)34-21)16(12-22(29)33-19)13-6-8-17(27)18(28)10-13/h3-11,16H,12H2,1-2H3/b21-11-/t16-/m1/s1. The fourth-order valence-electron chi connectivity index (χ4n) is 4.29. The van der Waals surface area contributed by atoms with Crippen LogP contribution >= 0.6 is 0 Å². The second kappa shape index (κ2) is 8.30. The van der Waals surface area contributed by atoms with Crippen LogP contribution in [-0.4, -0.2) is 26.0 Å². The van der Waals surface area contributed by atoms with Gasteiger partial charge < -0.3 is 18.9 Å². The third-order valence-electron chi connectivity index (χ3n) is 5.85. The Morgan fingerprint density at radius 2 is 1.79 bits per heavy atom. The van der Waals surface area contributed by atoms with Gasteiger partial charge in [-0.3, -0.25) is 9.59 Å². The van der Waals surface area contributed by atoms with Gasteiger partial charge in [0.05, 0.1) is 26.2 Å². The minimum Gasteiger partial charge on any atom is -0.493 e. The molecule has 0 unspecified atom stereocenters. The van der Waals surface area contributed by atoms with Crippen LogP contribution in [0.25, 0.3) is 6.08 Å². The number of ketones is 1. The van der Waals surface area contributed by atoms with Crippen molar-refractivity contribution < 1.29 is 37.3 Å². The number of para-hydroxylation sites is 1. The summed E-state index contributed by atoms with van der Waals surface area (Å²) in [4.78, 5) is 25.4. The molecule has 172 valence electrons. The number of fused-ring (bicyclic) bond motifs is 3. The zero-order valence-corrected chi connectivity index (χ0v) is 18.2. The van der Waals surface area contributed by atoms with Gasteiger partial charge in [0.25, 0.3) is 0 Å². The number of Topliss-reactive ketones (excluding diaryl/α,β-unsaturated/α-hetero) is 1. The van der Waals surface area contributed by atoms with Crippen LogP contribution < -0.4 is 18.9 Å². The van der Waals surface area contributed by atoms with Crippen LogP contribution in [0.5, 0.6) is 23.0 Å². The van der Waals surface area contributed by atoms with Crippen molar-refractivity contribution in [3.8, 4) is 23.0 Å². The van der Waals surface area contributed by atoms with Crippen molar-refractivity contribution >= 4 is 17.8 Å². The number of halogens is 2. The molecule has 2 heterocycles. The van der Waals surface area contributed by atoms with E-state index in [-0.39, 0.29) is 35.0 Å². The highest BCUT2D eigenvalue weighted by Gasteiger charge is 2.38. The molecule has 0 aromatic heterocycles. The molecule has 0 N–H and O–H groups in total. The van der Waals surface area contributed by atoms with Gasteiger partial charge in [0.15, 0.2) is 28.9 Å². The Balaban J connectivity index is 1.62. The predicted molar refractivity (Wildman–Crippen MR) is 117 cm³/mol. The van der Waals surface area contributed by atoms with Gasteiger partial charge in [-0.1, -0.05) is 18.2 Å². The smallest absolute Gasteiger partial charge is 0.312 e. The molecule has 0 amide bonds. The number of benzene rings is 3. The summed E-state index contributed by atoms with van der Waals surface area (Å²) in [6, 6.07) is 11.7. The number of allylic oxidation sites excluding steroid dienone is 1. The van der Waals surface area contributed by atoms with Crippen LogP contribution in [-0.2, 0) is 4.79 Å². The van der Waals surface area contributed by atoms with E-state index in [4.69, 9.17) is 18.9 Å². The molecular weight excluding hydrogens is 446 g/mol.